The summed E-state index contributed by atoms with van der Waals surface area (Å²) in [5.41, 5.74) is 5.81. The molecule has 0 spiro atoms. The Bertz CT molecular complexity index is 331. The van der Waals surface area contributed by atoms with Gasteiger partial charge in [-0.15, -0.1) is 11.3 Å². The summed E-state index contributed by atoms with van der Waals surface area (Å²) in [5, 5.41) is 11.6. The van der Waals surface area contributed by atoms with Crippen molar-refractivity contribution in [2.24, 2.45) is 5.73 Å². The van der Waals surface area contributed by atoms with E-state index in [-0.39, 0.29) is 12.1 Å². The topological polar surface area (TPSA) is 49.5 Å². The van der Waals surface area contributed by atoms with Crippen LogP contribution in [0.4, 0.5) is 0 Å². The first-order valence-electron chi connectivity index (χ1n) is 5.07. The Kier molecular flexibility index (Phi) is 3.79. The molecule has 3 N–H and O–H groups in total. The largest absolute Gasteiger partial charge is 0.392 e. The highest BCUT2D eigenvalue weighted by Crippen LogP contribution is 2.30. The molecule has 0 bridgehead atoms. The minimum Gasteiger partial charge on any atom is -0.392 e. The zero-order chi connectivity index (χ0) is 10.8. The molecule has 3 nitrogen and oxygen atoms in total. The van der Waals surface area contributed by atoms with E-state index < -0.39 is 0 Å². The van der Waals surface area contributed by atoms with E-state index in [0.717, 1.165) is 24.0 Å². The van der Waals surface area contributed by atoms with Crippen LogP contribution in [0.25, 0.3) is 0 Å². The van der Waals surface area contributed by atoms with E-state index in [0.29, 0.717) is 6.54 Å². The summed E-state index contributed by atoms with van der Waals surface area (Å²) in [4.78, 5) is 3.54. The molecule has 2 atom stereocenters. The van der Waals surface area contributed by atoms with E-state index in [1.807, 2.05) is 0 Å². The number of rotatable bonds is 3. The standard InChI is InChI=1S/C10H15BrN2OS/c11-7-3-10(15-6-7)9(4-12)13-2-1-8(14)5-13/h3,6,8-9,14H,1-2,4-5,12H2. The van der Waals surface area contributed by atoms with Gasteiger partial charge in [0.2, 0.25) is 0 Å². The van der Waals surface area contributed by atoms with Crippen molar-refractivity contribution in [3.8, 4) is 0 Å². The average Bonchev–Trinajstić information content (AvgIpc) is 2.78. The molecule has 2 heterocycles. The Morgan fingerprint density at radius 3 is 3.00 bits per heavy atom. The van der Waals surface area contributed by atoms with Gasteiger partial charge in [0.1, 0.15) is 0 Å². The first-order chi connectivity index (χ1) is 7.20. The molecule has 1 fully saturated rings. The minimum atomic E-state index is -0.178. The zero-order valence-electron chi connectivity index (χ0n) is 8.40. The third-order valence-electron chi connectivity index (χ3n) is 2.77. The average molecular weight is 291 g/mol. The maximum absolute atomic E-state index is 9.51. The minimum absolute atomic E-state index is 0.178. The molecule has 0 saturated carbocycles. The molecule has 0 radical (unpaired) electrons. The van der Waals surface area contributed by atoms with Crippen molar-refractivity contribution in [2.75, 3.05) is 19.6 Å². The van der Waals surface area contributed by atoms with Crippen molar-refractivity contribution in [1.82, 2.24) is 4.90 Å². The third-order valence-corrected chi connectivity index (χ3v) is 4.57. The van der Waals surface area contributed by atoms with Crippen molar-refractivity contribution in [1.29, 1.82) is 0 Å². The van der Waals surface area contributed by atoms with Gasteiger partial charge in [-0.1, -0.05) is 0 Å². The molecule has 5 heteroatoms. The van der Waals surface area contributed by atoms with Crippen LogP contribution in [0.5, 0.6) is 0 Å². The van der Waals surface area contributed by atoms with Crippen LogP contribution >= 0.6 is 27.3 Å². The Balaban J connectivity index is 2.10. The second kappa shape index (κ2) is 4.93. The van der Waals surface area contributed by atoms with E-state index in [2.05, 4.69) is 32.3 Å². The van der Waals surface area contributed by atoms with E-state index in [9.17, 15) is 5.11 Å². The lowest BCUT2D eigenvalue weighted by molar-refractivity contribution is 0.161. The fourth-order valence-electron chi connectivity index (χ4n) is 2.00. The molecule has 1 aliphatic rings. The first-order valence-corrected chi connectivity index (χ1v) is 6.74. The molecule has 0 aromatic carbocycles. The number of hydrogen-bond donors (Lipinski definition) is 2. The van der Waals surface area contributed by atoms with Crippen LogP contribution in [0.2, 0.25) is 0 Å². The molecule has 1 saturated heterocycles. The lowest BCUT2D eigenvalue weighted by Gasteiger charge is -2.25. The van der Waals surface area contributed by atoms with Crippen molar-refractivity contribution in [3.63, 3.8) is 0 Å². The van der Waals surface area contributed by atoms with Gasteiger partial charge in [-0.3, -0.25) is 4.90 Å². The van der Waals surface area contributed by atoms with Crippen LogP contribution in [0, 0.1) is 0 Å². The van der Waals surface area contributed by atoms with Crippen LogP contribution in [-0.4, -0.2) is 35.7 Å². The monoisotopic (exact) mass is 290 g/mol. The van der Waals surface area contributed by atoms with Gasteiger partial charge >= 0.3 is 0 Å². The van der Waals surface area contributed by atoms with Gasteiger partial charge in [-0.05, 0) is 28.4 Å². The van der Waals surface area contributed by atoms with Crippen molar-refractivity contribution in [3.05, 3.63) is 20.8 Å². The normalized spacial score (nSPS) is 24.6. The van der Waals surface area contributed by atoms with Crippen molar-refractivity contribution < 1.29 is 5.11 Å². The summed E-state index contributed by atoms with van der Waals surface area (Å²) in [5.74, 6) is 0. The lowest BCUT2D eigenvalue weighted by atomic mass is 10.2. The number of halogens is 1. The predicted octanol–water partition coefficient (Wildman–Crippen LogP) is 1.58. The molecule has 1 aliphatic heterocycles. The fourth-order valence-corrected chi connectivity index (χ4v) is 3.59. The maximum atomic E-state index is 9.51. The summed E-state index contributed by atoms with van der Waals surface area (Å²) in [6, 6.07) is 2.38. The molecule has 0 aliphatic carbocycles. The van der Waals surface area contributed by atoms with Crippen LogP contribution in [-0.2, 0) is 0 Å². The maximum Gasteiger partial charge on any atom is 0.0679 e. The molecule has 1 aromatic rings. The van der Waals surface area contributed by atoms with Gasteiger partial charge in [-0.25, -0.2) is 0 Å². The highest BCUT2D eigenvalue weighted by atomic mass is 79.9. The van der Waals surface area contributed by atoms with Gasteiger partial charge in [0, 0.05) is 34.4 Å². The van der Waals surface area contributed by atoms with Gasteiger partial charge < -0.3 is 10.8 Å². The fraction of sp³-hybridized carbons (Fsp3) is 0.600. The number of thiophene rings is 1. The second-order valence-electron chi connectivity index (χ2n) is 3.86. The van der Waals surface area contributed by atoms with Crippen molar-refractivity contribution in [2.45, 2.75) is 18.6 Å². The van der Waals surface area contributed by atoms with Crippen molar-refractivity contribution >= 4 is 27.3 Å². The molecule has 84 valence electrons. The zero-order valence-corrected chi connectivity index (χ0v) is 10.8. The van der Waals surface area contributed by atoms with Crippen LogP contribution in [0.3, 0.4) is 0 Å². The smallest absolute Gasteiger partial charge is 0.0679 e. The molecule has 2 unspecified atom stereocenters. The molecule has 1 aromatic heterocycles. The van der Waals surface area contributed by atoms with Gasteiger partial charge in [0.15, 0.2) is 0 Å². The van der Waals surface area contributed by atoms with Gasteiger partial charge in [0.05, 0.1) is 12.1 Å². The van der Waals surface area contributed by atoms with Crippen LogP contribution < -0.4 is 5.73 Å². The van der Waals surface area contributed by atoms with E-state index in [1.54, 1.807) is 11.3 Å². The summed E-state index contributed by atoms with van der Waals surface area (Å²) < 4.78 is 1.11. The first kappa shape index (κ1) is 11.5. The predicted molar refractivity (Wildman–Crippen MR) is 66.0 cm³/mol. The second-order valence-corrected chi connectivity index (χ2v) is 5.71. The highest BCUT2D eigenvalue weighted by molar-refractivity contribution is 9.10. The third kappa shape index (κ3) is 2.60. The summed E-state index contributed by atoms with van der Waals surface area (Å²) in [7, 11) is 0. The molecule has 15 heavy (non-hydrogen) atoms. The summed E-state index contributed by atoms with van der Waals surface area (Å²) in [6.07, 6.45) is 0.686. The molecular weight excluding hydrogens is 276 g/mol. The number of nitrogens with two attached hydrogens (primary N) is 1. The molecule has 0 amide bonds. The Morgan fingerprint density at radius 1 is 1.73 bits per heavy atom. The number of nitrogens with zero attached hydrogens (tertiary/aromatic N) is 1. The van der Waals surface area contributed by atoms with Crippen LogP contribution in [0.15, 0.2) is 15.9 Å². The Labute approximate surface area is 102 Å². The lowest BCUT2D eigenvalue weighted by Crippen LogP contribution is -2.32. The highest BCUT2D eigenvalue weighted by Gasteiger charge is 2.27. The van der Waals surface area contributed by atoms with Gasteiger partial charge in [0.25, 0.3) is 0 Å². The molecule has 2 rings (SSSR count). The summed E-state index contributed by atoms with van der Waals surface area (Å²) >= 11 is 5.17. The number of likely N-dealkylation sites (tertiary alicyclic amines) is 1. The number of aliphatic hydroxyl groups excluding tert-OH is 1. The number of β-amino-alcohol motifs (C(OH)–C–C–N with tert-alkyl or cyclic N) is 1. The SMILES string of the molecule is NCC(c1cc(Br)cs1)N1CCC(O)C1. The quantitative estimate of drug-likeness (QED) is 0.889. The van der Waals surface area contributed by atoms with Gasteiger partial charge in [-0.2, -0.15) is 0 Å². The number of hydrogen-bond acceptors (Lipinski definition) is 4. The van der Waals surface area contributed by atoms with E-state index in [1.165, 1.54) is 4.88 Å². The molecular formula is C10H15BrN2OS. The Morgan fingerprint density at radius 2 is 2.53 bits per heavy atom. The van der Waals surface area contributed by atoms with E-state index in [4.69, 9.17) is 5.73 Å². The summed E-state index contributed by atoms with van der Waals surface area (Å²) in [6.45, 7) is 2.30. The Hall–Kier alpha value is 0.0600. The number of aliphatic hydroxyl groups is 1. The van der Waals surface area contributed by atoms with Crippen LogP contribution in [0.1, 0.15) is 17.3 Å². The van der Waals surface area contributed by atoms with E-state index >= 15 is 0 Å².